The Morgan fingerprint density at radius 1 is 1.09 bits per heavy atom. The minimum atomic E-state index is -0.479. The molecule has 1 aromatic heterocycles. The molecule has 9 nitrogen and oxygen atoms in total. The van der Waals surface area contributed by atoms with E-state index in [4.69, 9.17) is 5.73 Å². The van der Waals surface area contributed by atoms with E-state index in [1.54, 1.807) is 12.1 Å². The molecule has 176 valence electrons. The zero-order valence-corrected chi connectivity index (χ0v) is 19.3. The molecule has 0 unspecified atom stereocenters. The Labute approximate surface area is 199 Å². The van der Waals surface area contributed by atoms with Crippen molar-refractivity contribution in [3.63, 3.8) is 0 Å². The summed E-state index contributed by atoms with van der Waals surface area (Å²) in [6.07, 6.45) is 3.28. The molecule has 0 spiro atoms. The molecule has 0 radical (unpaired) electrons. The van der Waals surface area contributed by atoms with E-state index < -0.39 is 5.91 Å². The lowest BCUT2D eigenvalue weighted by molar-refractivity contribution is 0.100. The molecule has 2 aliphatic rings. The monoisotopic (exact) mass is 458 g/mol. The summed E-state index contributed by atoms with van der Waals surface area (Å²) in [7, 11) is 0. The van der Waals surface area contributed by atoms with Crippen LogP contribution in [0.5, 0.6) is 0 Å². The molecule has 34 heavy (non-hydrogen) atoms. The molecule has 2 fully saturated rings. The number of anilines is 4. The highest BCUT2D eigenvalue weighted by Gasteiger charge is 2.44. The highest BCUT2D eigenvalue weighted by molar-refractivity contribution is 5.94. The standard InChI is InChI=1S/C25H30N8O/c1-16-7-8-17(21(26)34)13-20(16)30-24-32-22(31-23(33-24)29-19-9-12-27-14-19)28-15-25(10-11-25)18-5-3-2-4-6-18/h2-8,13,19,27H,9-12,14-15H2,1H3,(H2,26,34)(H3,28,29,30,31,32,33)/t19-/m0/s1. The number of benzene rings is 2. The second-order valence-electron chi connectivity index (χ2n) is 9.16. The van der Waals surface area contributed by atoms with Crippen LogP contribution >= 0.6 is 0 Å². The number of aryl methyl sites for hydroxylation is 1. The van der Waals surface area contributed by atoms with E-state index in [0.717, 1.165) is 50.1 Å². The predicted molar refractivity (Wildman–Crippen MR) is 134 cm³/mol. The number of hydrogen-bond acceptors (Lipinski definition) is 8. The zero-order valence-electron chi connectivity index (χ0n) is 19.3. The van der Waals surface area contributed by atoms with Gasteiger partial charge in [0.25, 0.3) is 0 Å². The van der Waals surface area contributed by atoms with E-state index in [1.807, 2.05) is 19.1 Å². The Bertz CT molecular complexity index is 1170. The van der Waals surface area contributed by atoms with Crippen LogP contribution in [0.1, 0.15) is 40.7 Å². The number of amides is 1. The predicted octanol–water partition coefficient (Wildman–Crippen LogP) is 2.94. The van der Waals surface area contributed by atoms with E-state index in [1.165, 1.54) is 5.56 Å². The minimum absolute atomic E-state index is 0.122. The Kier molecular flexibility index (Phi) is 6.02. The molecule has 3 aromatic rings. The molecule has 6 N–H and O–H groups in total. The maximum absolute atomic E-state index is 11.6. The number of rotatable bonds is 9. The maximum atomic E-state index is 11.6. The van der Waals surface area contributed by atoms with E-state index in [0.29, 0.717) is 23.4 Å². The summed E-state index contributed by atoms with van der Waals surface area (Å²) in [4.78, 5) is 25.5. The van der Waals surface area contributed by atoms with Gasteiger partial charge < -0.3 is 27.0 Å². The quantitative estimate of drug-likeness (QED) is 0.331. The topological polar surface area (TPSA) is 130 Å². The highest BCUT2D eigenvalue weighted by atomic mass is 16.1. The van der Waals surface area contributed by atoms with Gasteiger partial charge in [-0.3, -0.25) is 4.79 Å². The normalized spacial score (nSPS) is 18.3. The first-order valence-electron chi connectivity index (χ1n) is 11.7. The van der Waals surface area contributed by atoms with Gasteiger partial charge >= 0.3 is 0 Å². The fourth-order valence-corrected chi connectivity index (χ4v) is 4.32. The largest absolute Gasteiger partial charge is 0.366 e. The van der Waals surface area contributed by atoms with Crippen LogP contribution < -0.4 is 27.0 Å². The van der Waals surface area contributed by atoms with Gasteiger partial charge in [0, 0.05) is 35.8 Å². The van der Waals surface area contributed by atoms with Crippen molar-refractivity contribution >= 4 is 29.4 Å². The summed E-state index contributed by atoms with van der Waals surface area (Å²) >= 11 is 0. The van der Waals surface area contributed by atoms with Crippen LogP contribution in [-0.2, 0) is 5.41 Å². The molecular formula is C25H30N8O. The van der Waals surface area contributed by atoms with Gasteiger partial charge in [-0.1, -0.05) is 36.4 Å². The van der Waals surface area contributed by atoms with Crippen molar-refractivity contribution in [1.82, 2.24) is 20.3 Å². The molecule has 1 atom stereocenters. The number of hydrogen-bond donors (Lipinski definition) is 5. The third kappa shape index (κ3) is 4.94. The van der Waals surface area contributed by atoms with Crippen LogP contribution in [0, 0.1) is 6.92 Å². The van der Waals surface area contributed by atoms with E-state index in [-0.39, 0.29) is 11.5 Å². The van der Waals surface area contributed by atoms with Crippen molar-refractivity contribution in [1.29, 1.82) is 0 Å². The first-order valence-corrected chi connectivity index (χ1v) is 11.7. The smallest absolute Gasteiger partial charge is 0.248 e. The fraction of sp³-hybridized carbons (Fsp3) is 0.360. The van der Waals surface area contributed by atoms with Crippen molar-refractivity contribution in [3.8, 4) is 0 Å². The maximum Gasteiger partial charge on any atom is 0.248 e. The van der Waals surface area contributed by atoms with Crippen LogP contribution in [0.25, 0.3) is 0 Å². The van der Waals surface area contributed by atoms with E-state index in [9.17, 15) is 4.79 Å². The molecule has 1 saturated carbocycles. The Morgan fingerprint density at radius 2 is 1.85 bits per heavy atom. The summed E-state index contributed by atoms with van der Waals surface area (Å²) in [6.45, 7) is 4.54. The summed E-state index contributed by atoms with van der Waals surface area (Å²) < 4.78 is 0. The molecule has 1 amide bonds. The van der Waals surface area contributed by atoms with Gasteiger partial charge in [0.1, 0.15) is 0 Å². The summed E-state index contributed by atoms with van der Waals surface area (Å²) in [6, 6.07) is 16.1. The Hall–Kier alpha value is -3.72. The lowest BCUT2D eigenvalue weighted by Gasteiger charge is -2.18. The minimum Gasteiger partial charge on any atom is -0.366 e. The molecule has 1 aliphatic heterocycles. The number of nitrogens with two attached hydrogens (primary N) is 1. The second kappa shape index (κ2) is 9.26. The van der Waals surface area contributed by atoms with Crippen molar-refractivity contribution in [2.24, 2.45) is 5.73 Å². The van der Waals surface area contributed by atoms with E-state index in [2.05, 4.69) is 60.5 Å². The van der Waals surface area contributed by atoms with Gasteiger partial charge in [0.2, 0.25) is 23.8 Å². The molecule has 2 heterocycles. The lowest BCUT2D eigenvalue weighted by Crippen LogP contribution is -2.25. The van der Waals surface area contributed by atoms with Gasteiger partial charge in [-0.2, -0.15) is 15.0 Å². The molecule has 1 aliphatic carbocycles. The van der Waals surface area contributed by atoms with Crippen LogP contribution in [0.4, 0.5) is 23.5 Å². The number of nitrogens with zero attached hydrogens (tertiary/aromatic N) is 3. The van der Waals surface area contributed by atoms with Crippen molar-refractivity contribution in [2.45, 2.75) is 37.6 Å². The van der Waals surface area contributed by atoms with Gasteiger partial charge in [0.15, 0.2) is 0 Å². The SMILES string of the molecule is Cc1ccc(C(N)=O)cc1Nc1nc(NCC2(c3ccccc3)CC2)nc(N[C@H]2CCNC2)n1. The third-order valence-electron chi connectivity index (χ3n) is 6.62. The van der Waals surface area contributed by atoms with Gasteiger partial charge in [-0.05, 0) is 56.0 Å². The highest BCUT2D eigenvalue weighted by Crippen LogP contribution is 2.48. The van der Waals surface area contributed by atoms with Crippen LogP contribution in [0.2, 0.25) is 0 Å². The Balaban J connectivity index is 1.39. The van der Waals surface area contributed by atoms with Gasteiger partial charge in [-0.15, -0.1) is 0 Å². The number of carbonyl (C=O) groups is 1. The molecule has 2 aromatic carbocycles. The average molecular weight is 459 g/mol. The van der Waals surface area contributed by atoms with Crippen LogP contribution in [0.15, 0.2) is 48.5 Å². The second-order valence-corrected chi connectivity index (χ2v) is 9.16. The van der Waals surface area contributed by atoms with Crippen molar-refractivity contribution in [3.05, 3.63) is 65.2 Å². The lowest BCUT2D eigenvalue weighted by atomic mass is 9.96. The number of carbonyl (C=O) groups excluding carboxylic acids is 1. The number of nitrogens with one attached hydrogen (secondary N) is 4. The van der Waals surface area contributed by atoms with Crippen molar-refractivity contribution in [2.75, 3.05) is 35.6 Å². The fourth-order valence-electron chi connectivity index (χ4n) is 4.32. The molecule has 1 saturated heterocycles. The van der Waals surface area contributed by atoms with Crippen LogP contribution in [-0.4, -0.2) is 46.5 Å². The molecule has 5 rings (SSSR count). The van der Waals surface area contributed by atoms with Crippen molar-refractivity contribution < 1.29 is 4.79 Å². The number of aromatic nitrogens is 3. The molecular weight excluding hydrogens is 428 g/mol. The first kappa shape index (κ1) is 22.1. The van der Waals surface area contributed by atoms with Crippen LogP contribution in [0.3, 0.4) is 0 Å². The van der Waals surface area contributed by atoms with Gasteiger partial charge in [-0.25, -0.2) is 0 Å². The summed E-state index contributed by atoms with van der Waals surface area (Å²) in [5.41, 5.74) is 9.03. The average Bonchev–Trinajstić information content (AvgIpc) is 3.47. The number of primary amides is 1. The zero-order chi connectivity index (χ0) is 23.5. The molecule has 9 heteroatoms. The third-order valence-corrected chi connectivity index (χ3v) is 6.62. The van der Waals surface area contributed by atoms with E-state index >= 15 is 0 Å². The summed E-state index contributed by atoms with van der Waals surface area (Å²) in [5, 5.41) is 13.5. The molecule has 0 bridgehead atoms. The Morgan fingerprint density at radius 3 is 2.56 bits per heavy atom. The first-order chi connectivity index (χ1) is 16.5. The van der Waals surface area contributed by atoms with Gasteiger partial charge in [0.05, 0.1) is 0 Å². The summed E-state index contributed by atoms with van der Waals surface area (Å²) in [5.74, 6) is 0.951.